The third-order valence-corrected chi connectivity index (χ3v) is 4.18. The first-order valence-electron chi connectivity index (χ1n) is 6.21. The zero-order chi connectivity index (χ0) is 13.2. The zero-order valence-electron chi connectivity index (χ0n) is 10.3. The van der Waals surface area contributed by atoms with E-state index in [4.69, 9.17) is 4.74 Å². The van der Waals surface area contributed by atoms with Crippen LogP contribution in [0.1, 0.15) is 12.8 Å². The van der Waals surface area contributed by atoms with Crippen molar-refractivity contribution in [3.63, 3.8) is 0 Å². The molecule has 1 saturated heterocycles. The second kappa shape index (κ2) is 5.22. The first-order chi connectivity index (χ1) is 9.22. The lowest BCUT2D eigenvalue weighted by atomic mass is 10.2. The summed E-state index contributed by atoms with van der Waals surface area (Å²) in [5, 5.41) is 5.63. The van der Waals surface area contributed by atoms with Gasteiger partial charge in [0.25, 0.3) is 5.91 Å². The van der Waals surface area contributed by atoms with E-state index in [9.17, 15) is 9.59 Å². The Morgan fingerprint density at radius 1 is 1.47 bits per heavy atom. The number of ether oxygens (including phenoxy) is 1. The Morgan fingerprint density at radius 2 is 2.37 bits per heavy atom. The summed E-state index contributed by atoms with van der Waals surface area (Å²) in [5.74, 6) is 0.307. The van der Waals surface area contributed by atoms with Gasteiger partial charge in [-0.25, -0.2) is 0 Å². The Hall–Kier alpha value is -1.53. The van der Waals surface area contributed by atoms with E-state index in [2.05, 4.69) is 10.6 Å². The van der Waals surface area contributed by atoms with Gasteiger partial charge in [-0.05, 0) is 31.0 Å². The van der Waals surface area contributed by atoms with Gasteiger partial charge in [0.15, 0.2) is 0 Å². The van der Waals surface area contributed by atoms with Crippen LogP contribution in [0.4, 0.5) is 11.4 Å². The molecule has 1 fully saturated rings. The lowest BCUT2D eigenvalue weighted by Crippen LogP contribution is -2.27. The van der Waals surface area contributed by atoms with Crippen LogP contribution in [0.25, 0.3) is 0 Å². The molecule has 2 aliphatic heterocycles. The summed E-state index contributed by atoms with van der Waals surface area (Å²) < 4.78 is 5.33. The van der Waals surface area contributed by atoms with E-state index in [1.807, 2.05) is 12.1 Å². The van der Waals surface area contributed by atoms with Crippen molar-refractivity contribution in [3.8, 4) is 0 Å². The first kappa shape index (κ1) is 12.5. The van der Waals surface area contributed by atoms with Crippen LogP contribution in [0.5, 0.6) is 0 Å². The number of nitrogens with one attached hydrogen (secondary N) is 2. The predicted molar refractivity (Wildman–Crippen MR) is 73.4 cm³/mol. The molecule has 0 aromatic heterocycles. The van der Waals surface area contributed by atoms with E-state index >= 15 is 0 Å². The molecule has 2 N–H and O–H groups in total. The molecule has 0 radical (unpaired) electrons. The molecule has 0 spiro atoms. The van der Waals surface area contributed by atoms with Gasteiger partial charge in [0, 0.05) is 17.2 Å². The number of amides is 2. The van der Waals surface area contributed by atoms with E-state index in [0.29, 0.717) is 18.0 Å². The number of fused-ring (bicyclic) bond motifs is 1. The van der Waals surface area contributed by atoms with Crippen molar-refractivity contribution in [3.05, 3.63) is 18.2 Å². The summed E-state index contributed by atoms with van der Waals surface area (Å²) >= 11 is 1.50. The van der Waals surface area contributed by atoms with Crippen molar-refractivity contribution in [1.82, 2.24) is 0 Å². The first-order valence-corrected chi connectivity index (χ1v) is 7.20. The number of hydrogen-bond acceptors (Lipinski definition) is 4. The quantitative estimate of drug-likeness (QED) is 0.866. The van der Waals surface area contributed by atoms with Gasteiger partial charge < -0.3 is 15.4 Å². The number of benzene rings is 1. The fourth-order valence-corrected chi connectivity index (χ4v) is 2.96. The maximum Gasteiger partial charge on any atom is 0.253 e. The van der Waals surface area contributed by atoms with Crippen molar-refractivity contribution in [2.75, 3.05) is 23.0 Å². The minimum Gasteiger partial charge on any atom is -0.368 e. The van der Waals surface area contributed by atoms with Crippen LogP contribution < -0.4 is 10.6 Å². The molecule has 6 heteroatoms. The van der Waals surface area contributed by atoms with Crippen LogP contribution in [0, 0.1) is 0 Å². The van der Waals surface area contributed by atoms with Crippen molar-refractivity contribution < 1.29 is 14.3 Å². The summed E-state index contributed by atoms with van der Waals surface area (Å²) in [6.45, 7) is 0.648. The van der Waals surface area contributed by atoms with Crippen LogP contribution in [0.2, 0.25) is 0 Å². The fraction of sp³-hybridized carbons (Fsp3) is 0.385. The second-order valence-electron chi connectivity index (χ2n) is 4.54. The van der Waals surface area contributed by atoms with Gasteiger partial charge in [0.05, 0.1) is 11.4 Å². The Balaban J connectivity index is 1.73. The lowest BCUT2D eigenvalue weighted by molar-refractivity contribution is -0.124. The number of rotatable bonds is 2. The standard InChI is InChI=1S/C13H14N2O3S/c16-12-7-19-11-4-3-8(6-9(11)15-12)14-13(17)10-2-1-5-18-10/h3-4,6,10H,1-2,5,7H2,(H,14,17)(H,15,16). The molecule has 0 bridgehead atoms. The Morgan fingerprint density at radius 3 is 3.16 bits per heavy atom. The van der Waals surface area contributed by atoms with Gasteiger partial charge >= 0.3 is 0 Å². The van der Waals surface area contributed by atoms with Crippen LogP contribution in [0.15, 0.2) is 23.1 Å². The van der Waals surface area contributed by atoms with Gasteiger partial charge in [-0.1, -0.05) is 0 Å². The maximum absolute atomic E-state index is 11.9. The summed E-state index contributed by atoms with van der Waals surface area (Å²) in [4.78, 5) is 24.3. The van der Waals surface area contributed by atoms with E-state index in [0.717, 1.165) is 23.4 Å². The number of carbonyl (C=O) groups excluding carboxylic acids is 2. The van der Waals surface area contributed by atoms with Crippen LogP contribution in [-0.2, 0) is 14.3 Å². The number of carbonyl (C=O) groups is 2. The van der Waals surface area contributed by atoms with Crippen molar-refractivity contribution in [2.24, 2.45) is 0 Å². The molecule has 0 saturated carbocycles. The molecule has 1 aromatic rings. The van der Waals surface area contributed by atoms with E-state index in [-0.39, 0.29) is 17.9 Å². The molecule has 1 unspecified atom stereocenters. The van der Waals surface area contributed by atoms with Crippen LogP contribution >= 0.6 is 11.8 Å². The highest BCUT2D eigenvalue weighted by Gasteiger charge is 2.24. The molecule has 19 heavy (non-hydrogen) atoms. The zero-order valence-corrected chi connectivity index (χ0v) is 11.1. The SMILES string of the molecule is O=C1CSc2ccc(NC(=O)C3CCCO3)cc2N1. The number of hydrogen-bond donors (Lipinski definition) is 2. The predicted octanol–water partition coefficient (Wildman–Crippen LogP) is 1.85. The molecule has 2 aliphatic rings. The fourth-order valence-electron chi connectivity index (χ4n) is 2.17. The number of anilines is 2. The van der Waals surface area contributed by atoms with E-state index in [1.165, 1.54) is 11.8 Å². The molecule has 100 valence electrons. The highest BCUT2D eigenvalue weighted by Crippen LogP contribution is 2.33. The molecule has 2 amide bonds. The van der Waals surface area contributed by atoms with Gasteiger partial charge in [-0.3, -0.25) is 9.59 Å². The molecular formula is C13H14N2O3S. The Labute approximate surface area is 115 Å². The molecule has 3 rings (SSSR count). The molecule has 5 nitrogen and oxygen atoms in total. The van der Waals surface area contributed by atoms with E-state index in [1.54, 1.807) is 6.07 Å². The van der Waals surface area contributed by atoms with Gasteiger partial charge in [-0.2, -0.15) is 0 Å². The summed E-state index contributed by atoms with van der Waals surface area (Å²) in [7, 11) is 0. The van der Waals surface area contributed by atoms with Crippen molar-refractivity contribution in [2.45, 2.75) is 23.8 Å². The average Bonchev–Trinajstić information content (AvgIpc) is 2.92. The van der Waals surface area contributed by atoms with Crippen LogP contribution in [0.3, 0.4) is 0 Å². The monoisotopic (exact) mass is 278 g/mol. The normalized spacial score (nSPS) is 21.7. The lowest BCUT2D eigenvalue weighted by Gasteiger charge is -2.18. The second-order valence-corrected chi connectivity index (χ2v) is 5.56. The Kier molecular flexibility index (Phi) is 3.44. The maximum atomic E-state index is 11.9. The summed E-state index contributed by atoms with van der Waals surface area (Å²) in [6, 6.07) is 5.53. The van der Waals surface area contributed by atoms with E-state index < -0.39 is 0 Å². The highest BCUT2D eigenvalue weighted by molar-refractivity contribution is 8.00. The Bertz CT molecular complexity index is 527. The van der Waals surface area contributed by atoms with Crippen molar-refractivity contribution in [1.29, 1.82) is 0 Å². The number of thioether (sulfide) groups is 1. The molecule has 0 aliphatic carbocycles. The molecule has 1 aromatic carbocycles. The molecule has 1 atom stereocenters. The van der Waals surface area contributed by atoms with Crippen LogP contribution in [-0.4, -0.2) is 30.3 Å². The largest absolute Gasteiger partial charge is 0.368 e. The molecule has 2 heterocycles. The van der Waals surface area contributed by atoms with Crippen molar-refractivity contribution >= 4 is 35.0 Å². The topological polar surface area (TPSA) is 67.4 Å². The molecular weight excluding hydrogens is 264 g/mol. The summed E-state index contributed by atoms with van der Waals surface area (Å²) in [6.07, 6.45) is 1.35. The smallest absolute Gasteiger partial charge is 0.253 e. The third-order valence-electron chi connectivity index (χ3n) is 3.10. The average molecular weight is 278 g/mol. The van der Waals surface area contributed by atoms with Gasteiger partial charge in [0.1, 0.15) is 6.10 Å². The minimum atomic E-state index is -0.347. The minimum absolute atomic E-state index is 0.0138. The summed E-state index contributed by atoms with van der Waals surface area (Å²) in [5.41, 5.74) is 1.44. The van der Waals surface area contributed by atoms with Gasteiger partial charge in [-0.15, -0.1) is 11.8 Å². The highest BCUT2D eigenvalue weighted by atomic mass is 32.2. The third kappa shape index (κ3) is 2.74. The van der Waals surface area contributed by atoms with Gasteiger partial charge in [0.2, 0.25) is 5.91 Å².